The van der Waals surface area contributed by atoms with E-state index in [2.05, 4.69) is 15.9 Å². The molecule has 2 aromatic carbocycles. The molecule has 0 saturated carbocycles. The van der Waals surface area contributed by atoms with Crippen molar-refractivity contribution in [2.24, 2.45) is 5.73 Å². The Bertz CT molecular complexity index is 619. The van der Waals surface area contributed by atoms with Crippen LogP contribution in [0.1, 0.15) is 24.1 Å². The van der Waals surface area contributed by atoms with Gasteiger partial charge in [-0.05, 0) is 47.1 Å². The third kappa shape index (κ3) is 3.51. The first-order valence-corrected chi connectivity index (χ1v) is 7.27. The zero-order valence-electron chi connectivity index (χ0n) is 10.9. The zero-order chi connectivity index (χ0) is 14.7. The van der Waals surface area contributed by atoms with Gasteiger partial charge in [0, 0.05) is 22.2 Å². The highest BCUT2D eigenvalue weighted by atomic mass is 79.9. The molecule has 0 aliphatic rings. The van der Waals surface area contributed by atoms with Crippen LogP contribution in [0.25, 0.3) is 0 Å². The number of hydrogen-bond donors (Lipinski definition) is 1. The van der Waals surface area contributed by atoms with Gasteiger partial charge in [-0.1, -0.05) is 23.7 Å². The molecule has 0 aromatic heterocycles. The number of hydrogen-bond acceptors (Lipinski definition) is 2. The molecule has 0 aliphatic heterocycles. The van der Waals surface area contributed by atoms with Crippen molar-refractivity contribution in [3.63, 3.8) is 0 Å². The number of halogens is 3. The van der Waals surface area contributed by atoms with Gasteiger partial charge in [-0.2, -0.15) is 0 Å². The molecule has 5 heteroatoms. The molecule has 0 unspecified atom stereocenters. The smallest absolute Gasteiger partial charge is 0.137 e. The van der Waals surface area contributed by atoms with E-state index in [0.717, 1.165) is 11.1 Å². The molecule has 0 amide bonds. The fourth-order valence-electron chi connectivity index (χ4n) is 1.82. The van der Waals surface area contributed by atoms with E-state index in [9.17, 15) is 4.39 Å². The third-order valence-electron chi connectivity index (χ3n) is 2.88. The quantitative estimate of drug-likeness (QED) is 0.848. The maximum Gasteiger partial charge on any atom is 0.137 e. The average molecular weight is 359 g/mol. The summed E-state index contributed by atoms with van der Waals surface area (Å²) < 4.78 is 19.6. The Kier molecular flexibility index (Phi) is 5.02. The molecule has 2 rings (SSSR count). The minimum absolute atomic E-state index is 0.195. The van der Waals surface area contributed by atoms with E-state index in [-0.39, 0.29) is 18.5 Å². The Hall–Kier alpha value is -1.10. The lowest BCUT2D eigenvalue weighted by Crippen LogP contribution is -2.08. The van der Waals surface area contributed by atoms with Gasteiger partial charge in [-0.15, -0.1) is 0 Å². The van der Waals surface area contributed by atoms with Crippen LogP contribution in [0.2, 0.25) is 5.02 Å². The molecule has 0 bridgehead atoms. The zero-order valence-corrected chi connectivity index (χ0v) is 13.2. The van der Waals surface area contributed by atoms with E-state index in [1.807, 2.05) is 6.92 Å². The summed E-state index contributed by atoms with van der Waals surface area (Å²) in [5, 5.41) is 0.608. The van der Waals surface area contributed by atoms with Crippen molar-refractivity contribution in [3.8, 4) is 5.75 Å². The monoisotopic (exact) mass is 357 g/mol. The predicted octanol–water partition coefficient (Wildman–Crippen LogP) is 4.84. The number of ether oxygens (including phenoxy) is 1. The van der Waals surface area contributed by atoms with Crippen molar-refractivity contribution in [1.82, 2.24) is 0 Å². The molecular weight excluding hydrogens is 345 g/mol. The van der Waals surface area contributed by atoms with Crippen LogP contribution < -0.4 is 10.5 Å². The van der Waals surface area contributed by atoms with Gasteiger partial charge >= 0.3 is 0 Å². The summed E-state index contributed by atoms with van der Waals surface area (Å²) in [5.74, 6) is 0.343. The number of nitrogens with two attached hydrogens (primary N) is 1. The molecule has 2 aromatic rings. The van der Waals surface area contributed by atoms with Crippen LogP contribution in [0.4, 0.5) is 4.39 Å². The summed E-state index contributed by atoms with van der Waals surface area (Å²) in [6, 6.07) is 9.93. The Morgan fingerprint density at radius 3 is 2.80 bits per heavy atom. The molecule has 2 N–H and O–H groups in total. The summed E-state index contributed by atoms with van der Waals surface area (Å²) in [4.78, 5) is 0. The lowest BCUT2D eigenvalue weighted by molar-refractivity contribution is 0.300. The first-order chi connectivity index (χ1) is 9.49. The van der Waals surface area contributed by atoms with Gasteiger partial charge in [0.1, 0.15) is 18.2 Å². The molecule has 1 atom stereocenters. The van der Waals surface area contributed by atoms with Crippen molar-refractivity contribution in [1.29, 1.82) is 0 Å². The predicted molar refractivity (Wildman–Crippen MR) is 82.5 cm³/mol. The summed E-state index contributed by atoms with van der Waals surface area (Å²) in [6.45, 7) is 2.11. The van der Waals surface area contributed by atoms with Crippen LogP contribution in [0.15, 0.2) is 40.9 Å². The molecule has 0 radical (unpaired) electrons. The molecular formula is C15H14BrClFNO. The second-order valence-corrected chi connectivity index (χ2v) is 5.70. The Morgan fingerprint density at radius 1 is 1.35 bits per heavy atom. The molecule has 20 heavy (non-hydrogen) atoms. The normalized spacial score (nSPS) is 12.2. The highest BCUT2D eigenvalue weighted by Crippen LogP contribution is 2.29. The van der Waals surface area contributed by atoms with Crippen molar-refractivity contribution in [2.75, 3.05) is 0 Å². The largest absolute Gasteiger partial charge is 0.489 e. The van der Waals surface area contributed by atoms with Gasteiger partial charge in [-0.25, -0.2) is 4.39 Å². The SMILES string of the molecule is C[C@H](N)c1cc(Cl)ccc1OCc1cccc(F)c1Br. The van der Waals surface area contributed by atoms with Crippen LogP contribution in [0.3, 0.4) is 0 Å². The van der Waals surface area contributed by atoms with Gasteiger partial charge < -0.3 is 10.5 Å². The minimum Gasteiger partial charge on any atom is -0.489 e. The van der Waals surface area contributed by atoms with Crippen molar-refractivity contribution < 1.29 is 9.13 Å². The average Bonchev–Trinajstić information content (AvgIpc) is 2.41. The maximum atomic E-state index is 13.4. The van der Waals surface area contributed by atoms with Crippen LogP contribution in [0, 0.1) is 5.82 Å². The molecule has 106 valence electrons. The summed E-state index contributed by atoms with van der Waals surface area (Å²) in [5.41, 5.74) is 7.45. The molecule has 0 heterocycles. The third-order valence-corrected chi connectivity index (χ3v) is 4.00. The van der Waals surface area contributed by atoms with Gasteiger partial charge in [0.05, 0.1) is 4.47 Å². The lowest BCUT2D eigenvalue weighted by atomic mass is 10.1. The van der Waals surface area contributed by atoms with Gasteiger partial charge in [0.15, 0.2) is 0 Å². The first kappa shape index (κ1) is 15.3. The molecule has 2 nitrogen and oxygen atoms in total. The standard InChI is InChI=1S/C15H14BrClFNO/c1-9(19)12-7-11(17)5-6-14(12)20-8-10-3-2-4-13(18)15(10)16/h2-7,9H,8,19H2,1H3/t9-/m0/s1. The van der Waals surface area contributed by atoms with E-state index in [0.29, 0.717) is 15.2 Å². The fourth-order valence-corrected chi connectivity index (χ4v) is 2.38. The molecule has 0 aliphatic carbocycles. The second kappa shape index (κ2) is 6.57. The summed E-state index contributed by atoms with van der Waals surface area (Å²) >= 11 is 9.17. The van der Waals surface area contributed by atoms with Crippen molar-refractivity contribution in [2.45, 2.75) is 19.6 Å². The number of rotatable bonds is 4. The van der Waals surface area contributed by atoms with Crippen LogP contribution in [-0.4, -0.2) is 0 Å². The lowest BCUT2D eigenvalue weighted by Gasteiger charge is -2.15. The first-order valence-electron chi connectivity index (χ1n) is 6.09. The van der Waals surface area contributed by atoms with E-state index in [1.54, 1.807) is 30.3 Å². The summed E-state index contributed by atoms with van der Waals surface area (Å²) in [7, 11) is 0. The van der Waals surface area contributed by atoms with Crippen LogP contribution in [-0.2, 0) is 6.61 Å². The fraction of sp³-hybridized carbons (Fsp3) is 0.200. The Balaban J connectivity index is 2.21. The molecule has 0 fully saturated rings. The van der Waals surface area contributed by atoms with E-state index in [4.69, 9.17) is 22.1 Å². The minimum atomic E-state index is -0.311. The van der Waals surface area contributed by atoms with E-state index < -0.39 is 0 Å². The Morgan fingerprint density at radius 2 is 2.10 bits per heavy atom. The highest BCUT2D eigenvalue weighted by Gasteiger charge is 2.11. The summed E-state index contributed by atoms with van der Waals surface area (Å²) in [6.07, 6.45) is 0. The Labute approximate surface area is 130 Å². The van der Waals surface area contributed by atoms with Crippen molar-refractivity contribution >= 4 is 27.5 Å². The van der Waals surface area contributed by atoms with Crippen LogP contribution in [0.5, 0.6) is 5.75 Å². The van der Waals surface area contributed by atoms with Crippen molar-refractivity contribution in [3.05, 3.63) is 62.8 Å². The molecule has 0 spiro atoms. The van der Waals surface area contributed by atoms with E-state index >= 15 is 0 Å². The topological polar surface area (TPSA) is 35.2 Å². The van der Waals surface area contributed by atoms with Gasteiger partial charge in [0.2, 0.25) is 0 Å². The van der Waals surface area contributed by atoms with E-state index in [1.165, 1.54) is 6.07 Å². The van der Waals surface area contributed by atoms with Gasteiger partial charge in [-0.3, -0.25) is 0 Å². The maximum absolute atomic E-state index is 13.4. The highest BCUT2D eigenvalue weighted by molar-refractivity contribution is 9.10. The van der Waals surface area contributed by atoms with Crippen LogP contribution >= 0.6 is 27.5 Å². The van der Waals surface area contributed by atoms with Gasteiger partial charge in [0.25, 0.3) is 0 Å². The second-order valence-electron chi connectivity index (χ2n) is 4.47. The number of benzene rings is 2. The molecule has 0 saturated heterocycles.